The van der Waals surface area contributed by atoms with E-state index in [0.29, 0.717) is 5.69 Å². The Morgan fingerprint density at radius 3 is 2.79 bits per heavy atom. The van der Waals surface area contributed by atoms with Gasteiger partial charge >= 0.3 is 0 Å². The van der Waals surface area contributed by atoms with Crippen LogP contribution in [0.4, 0.5) is 5.69 Å². The number of nitrogens with zero attached hydrogens (tertiary/aromatic N) is 3. The molecule has 0 aliphatic rings. The van der Waals surface area contributed by atoms with Crippen molar-refractivity contribution in [1.82, 2.24) is 14.8 Å². The van der Waals surface area contributed by atoms with Crippen LogP contribution in [-0.4, -0.2) is 14.8 Å². The molecule has 0 aliphatic heterocycles. The molecule has 0 amide bonds. The Hall–Kier alpha value is -1.84. The predicted octanol–water partition coefficient (Wildman–Crippen LogP) is 1.37. The molecule has 2 rings (SSSR count). The lowest BCUT2D eigenvalue weighted by molar-refractivity contribution is 0.772. The highest BCUT2D eigenvalue weighted by Crippen LogP contribution is 2.20. The molecule has 0 bridgehead atoms. The van der Waals surface area contributed by atoms with Crippen molar-refractivity contribution in [2.45, 2.75) is 6.92 Å². The Morgan fingerprint density at radius 2 is 2.21 bits per heavy atom. The molecule has 0 atom stereocenters. The second kappa shape index (κ2) is 3.14. The summed E-state index contributed by atoms with van der Waals surface area (Å²) >= 11 is 0. The first-order valence-electron chi connectivity index (χ1n) is 4.39. The highest BCUT2D eigenvalue weighted by atomic mass is 15.3. The molecule has 2 N–H and O–H groups in total. The number of nitrogen functional groups attached to an aromatic ring is 1. The van der Waals surface area contributed by atoms with Gasteiger partial charge in [0.15, 0.2) is 0 Å². The van der Waals surface area contributed by atoms with E-state index in [9.17, 15) is 0 Å². The van der Waals surface area contributed by atoms with Gasteiger partial charge in [-0.2, -0.15) is 5.10 Å². The molecule has 0 fully saturated rings. The van der Waals surface area contributed by atoms with Gasteiger partial charge in [0.25, 0.3) is 0 Å². The van der Waals surface area contributed by atoms with Crippen molar-refractivity contribution in [3.8, 4) is 11.4 Å². The number of aryl methyl sites for hydroxylation is 2. The summed E-state index contributed by atoms with van der Waals surface area (Å²) in [4.78, 5) is 4.30. The zero-order chi connectivity index (χ0) is 10.1. The molecule has 0 saturated heterocycles. The topological polar surface area (TPSA) is 56.7 Å². The molecular weight excluding hydrogens is 176 g/mol. The highest BCUT2D eigenvalue weighted by molar-refractivity contribution is 5.61. The summed E-state index contributed by atoms with van der Waals surface area (Å²) in [5.74, 6) is 0. The molecule has 0 aromatic carbocycles. The van der Waals surface area contributed by atoms with E-state index in [-0.39, 0.29) is 0 Å². The number of nitrogens with two attached hydrogens (primary N) is 1. The number of aromatic nitrogens is 3. The Labute approximate surface area is 82.4 Å². The van der Waals surface area contributed by atoms with Crippen molar-refractivity contribution >= 4 is 5.69 Å². The minimum Gasteiger partial charge on any atom is -0.397 e. The second-order valence-corrected chi connectivity index (χ2v) is 3.27. The van der Waals surface area contributed by atoms with Crippen LogP contribution in [0.1, 0.15) is 5.56 Å². The molecule has 0 radical (unpaired) electrons. The highest BCUT2D eigenvalue weighted by Gasteiger charge is 2.06. The first kappa shape index (κ1) is 8.74. The standard InChI is InChI=1S/C10H12N4/c1-7-5-8(11)6-12-10(7)9-3-4-13-14(9)2/h3-6H,11H2,1-2H3. The monoisotopic (exact) mass is 188 g/mol. The van der Waals surface area contributed by atoms with Crippen LogP contribution in [0.25, 0.3) is 11.4 Å². The summed E-state index contributed by atoms with van der Waals surface area (Å²) in [6.45, 7) is 1.99. The van der Waals surface area contributed by atoms with Crippen molar-refractivity contribution in [3.05, 3.63) is 30.1 Å². The first-order chi connectivity index (χ1) is 6.68. The van der Waals surface area contributed by atoms with Gasteiger partial charge in [-0.05, 0) is 24.6 Å². The van der Waals surface area contributed by atoms with Crippen molar-refractivity contribution < 1.29 is 0 Å². The fraction of sp³-hybridized carbons (Fsp3) is 0.200. The Balaban J connectivity index is 2.58. The maximum absolute atomic E-state index is 5.63. The average molecular weight is 188 g/mol. The number of hydrogen-bond acceptors (Lipinski definition) is 3. The number of anilines is 1. The van der Waals surface area contributed by atoms with E-state index in [0.717, 1.165) is 17.0 Å². The number of pyridine rings is 1. The predicted molar refractivity (Wildman–Crippen MR) is 55.6 cm³/mol. The van der Waals surface area contributed by atoms with Crippen molar-refractivity contribution in [2.24, 2.45) is 7.05 Å². The molecule has 0 saturated carbocycles. The van der Waals surface area contributed by atoms with Crippen LogP contribution < -0.4 is 5.73 Å². The quantitative estimate of drug-likeness (QED) is 0.735. The third kappa shape index (κ3) is 1.35. The maximum Gasteiger partial charge on any atom is 0.0913 e. The van der Waals surface area contributed by atoms with Crippen LogP contribution in [-0.2, 0) is 7.05 Å². The molecule has 0 aliphatic carbocycles. The Bertz CT molecular complexity index is 459. The minimum absolute atomic E-state index is 0.688. The smallest absolute Gasteiger partial charge is 0.0913 e. The van der Waals surface area contributed by atoms with Gasteiger partial charge in [-0.25, -0.2) is 0 Å². The molecule has 4 nitrogen and oxygen atoms in total. The average Bonchev–Trinajstić information content (AvgIpc) is 2.52. The van der Waals surface area contributed by atoms with E-state index < -0.39 is 0 Å². The summed E-state index contributed by atoms with van der Waals surface area (Å²) in [6, 6.07) is 3.85. The van der Waals surface area contributed by atoms with Gasteiger partial charge in [0.1, 0.15) is 0 Å². The third-order valence-electron chi connectivity index (χ3n) is 2.16. The van der Waals surface area contributed by atoms with Gasteiger partial charge in [0.2, 0.25) is 0 Å². The molecule has 14 heavy (non-hydrogen) atoms. The van der Waals surface area contributed by atoms with E-state index in [4.69, 9.17) is 5.73 Å². The summed E-state index contributed by atoms with van der Waals surface area (Å²) < 4.78 is 1.80. The van der Waals surface area contributed by atoms with Gasteiger partial charge in [0, 0.05) is 13.2 Å². The van der Waals surface area contributed by atoms with Crippen molar-refractivity contribution in [2.75, 3.05) is 5.73 Å². The zero-order valence-corrected chi connectivity index (χ0v) is 8.23. The van der Waals surface area contributed by atoms with Crippen LogP contribution in [0.5, 0.6) is 0 Å². The van der Waals surface area contributed by atoms with Gasteiger partial charge < -0.3 is 5.73 Å². The van der Waals surface area contributed by atoms with E-state index in [2.05, 4.69) is 10.1 Å². The summed E-state index contributed by atoms with van der Waals surface area (Å²) in [5.41, 5.74) is 9.32. The fourth-order valence-electron chi connectivity index (χ4n) is 1.47. The normalized spacial score (nSPS) is 10.4. The molecule has 0 spiro atoms. The minimum atomic E-state index is 0.688. The Kier molecular flexibility index (Phi) is 1.96. The van der Waals surface area contributed by atoms with Gasteiger partial charge in [0.05, 0.1) is 23.3 Å². The first-order valence-corrected chi connectivity index (χ1v) is 4.39. The van der Waals surface area contributed by atoms with Crippen LogP contribution in [0, 0.1) is 6.92 Å². The van der Waals surface area contributed by atoms with Gasteiger partial charge in [-0.1, -0.05) is 0 Å². The summed E-state index contributed by atoms with van der Waals surface area (Å²) in [6.07, 6.45) is 3.42. The van der Waals surface area contributed by atoms with Crippen LogP contribution >= 0.6 is 0 Å². The van der Waals surface area contributed by atoms with Crippen LogP contribution in [0.2, 0.25) is 0 Å². The maximum atomic E-state index is 5.63. The summed E-state index contributed by atoms with van der Waals surface area (Å²) in [5, 5.41) is 4.10. The van der Waals surface area contributed by atoms with Crippen molar-refractivity contribution in [1.29, 1.82) is 0 Å². The van der Waals surface area contributed by atoms with Gasteiger partial charge in [-0.3, -0.25) is 9.67 Å². The van der Waals surface area contributed by atoms with E-state index in [1.165, 1.54) is 0 Å². The zero-order valence-electron chi connectivity index (χ0n) is 8.23. The van der Waals surface area contributed by atoms with Crippen LogP contribution in [0.3, 0.4) is 0 Å². The number of rotatable bonds is 1. The molecule has 2 heterocycles. The SMILES string of the molecule is Cc1cc(N)cnc1-c1ccnn1C. The van der Waals surface area contributed by atoms with Crippen molar-refractivity contribution in [3.63, 3.8) is 0 Å². The molecule has 0 unspecified atom stereocenters. The van der Waals surface area contributed by atoms with E-state index in [1.54, 1.807) is 17.1 Å². The van der Waals surface area contributed by atoms with E-state index in [1.807, 2.05) is 26.1 Å². The number of hydrogen-bond donors (Lipinski definition) is 1. The molecule has 2 aromatic rings. The molecule has 72 valence electrons. The Morgan fingerprint density at radius 1 is 1.43 bits per heavy atom. The molecule has 2 aromatic heterocycles. The summed E-state index contributed by atoms with van der Waals surface area (Å²) in [7, 11) is 1.90. The third-order valence-corrected chi connectivity index (χ3v) is 2.16. The lowest BCUT2D eigenvalue weighted by Gasteiger charge is -2.05. The second-order valence-electron chi connectivity index (χ2n) is 3.27. The fourth-order valence-corrected chi connectivity index (χ4v) is 1.47. The lowest BCUT2D eigenvalue weighted by Crippen LogP contribution is -1.98. The van der Waals surface area contributed by atoms with Gasteiger partial charge in [-0.15, -0.1) is 0 Å². The molecular formula is C10H12N4. The largest absolute Gasteiger partial charge is 0.397 e. The molecule has 4 heteroatoms. The van der Waals surface area contributed by atoms with Crippen LogP contribution in [0.15, 0.2) is 24.5 Å². The lowest BCUT2D eigenvalue weighted by atomic mass is 10.1. The van der Waals surface area contributed by atoms with E-state index >= 15 is 0 Å².